The lowest BCUT2D eigenvalue weighted by atomic mass is 9.86. The highest BCUT2D eigenvalue weighted by atomic mass is 16.2. The van der Waals surface area contributed by atoms with Crippen LogP contribution in [0.15, 0.2) is 24.4 Å². The molecule has 8 nitrogen and oxygen atoms in total. The first-order valence-electron chi connectivity index (χ1n) is 11.3. The molecule has 2 amide bonds. The van der Waals surface area contributed by atoms with Crippen molar-refractivity contribution in [2.75, 3.05) is 25.5 Å². The Bertz CT molecular complexity index is 910. The first kappa shape index (κ1) is 21.3. The van der Waals surface area contributed by atoms with Crippen LogP contribution < -0.4 is 10.6 Å². The molecule has 0 spiro atoms. The number of piperidine rings is 1. The lowest BCUT2D eigenvalue weighted by Crippen LogP contribution is -2.46. The molecule has 2 aromatic rings. The first-order valence-corrected chi connectivity index (χ1v) is 11.3. The molecule has 2 fully saturated rings. The molecule has 1 aliphatic heterocycles. The first-order chi connectivity index (χ1) is 15.0. The SMILES string of the molecule is CNc1cc(-c2cc(C(=O)N3CCC(C(=O)NC4CCC(C)CC4)CC3)[nH]n2)ccn1. The minimum absolute atomic E-state index is 0.00230. The Morgan fingerprint density at radius 3 is 2.55 bits per heavy atom. The molecule has 166 valence electrons. The lowest BCUT2D eigenvalue weighted by molar-refractivity contribution is -0.127. The minimum atomic E-state index is -0.0678. The van der Waals surface area contributed by atoms with E-state index in [1.54, 1.807) is 12.3 Å². The zero-order chi connectivity index (χ0) is 21.8. The number of anilines is 1. The zero-order valence-electron chi connectivity index (χ0n) is 18.4. The van der Waals surface area contributed by atoms with Crippen molar-refractivity contribution in [2.45, 2.75) is 51.5 Å². The maximum Gasteiger partial charge on any atom is 0.271 e. The standard InChI is InChI=1S/C23H32N6O2/c1-15-3-5-18(6-4-15)26-22(30)16-8-11-29(12-9-16)23(31)20-14-19(27-28-20)17-7-10-25-21(13-17)24-2/h7,10,13-16,18H,3-6,8-9,11-12H2,1-2H3,(H,24,25)(H,26,30)(H,27,28). The van der Waals surface area contributed by atoms with Crippen LogP contribution in [0.5, 0.6) is 0 Å². The van der Waals surface area contributed by atoms with Gasteiger partial charge in [-0.1, -0.05) is 6.92 Å². The number of aromatic amines is 1. The Kier molecular flexibility index (Phi) is 6.53. The number of amides is 2. The highest BCUT2D eigenvalue weighted by Gasteiger charge is 2.30. The monoisotopic (exact) mass is 424 g/mol. The molecule has 0 radical (unpaired) electrons. The summed E-state index contributed by atoms with van der Waals surface area (Å²) in [7, 11) is 1.81. The van der Waals surface area contributed by atoms with E-state index in [1.807, 2.05) is 24.1 Å². The van der Waals surface area contributed by atoms with Gasteiger partial charge in [0.2, 0.25) is 5.91 Å². The summed E-state index contributed by atoms with van der Waals surface area (Å²) in [5, 5.41) is 13.4. The summed E-state index contributed by atoms with van der Waals surface area (Å²) < 4.78 is 0. The molecule has 1 saturated carbocycles. The van der Waals surface area contributed by atoms with Gasteiger partial charge in [0.15, 0.2) is 0 Å². The van der Waals surface area contributed by atoms with Gasteiger partial charge in [-0.05, 0) is 62.6 Å². The molecular weight excluding hydrogens is 392 g/mol. The third-order valence-electron chi connectivity index (χ3n) is 6.64. The molecule has 0 aromatic carbocycles. The summed E-state index contributed by atoms with van der Waals surface area (Å²) in [6.45, 7) is 3.46. The van der Waals surface area contributed by atoms with Crippen LogP contribution in [0.4, 0.5) is 5.82 Å². The van der Waals surface area contributed by atoms with Crippen LogP contribution in [0, 0.1) is 11.8 Å². The molecule has 2 aliphatic rings. The normalized spacial score (nSPS) is 22.2. The Hall–Kier alpha value is -2.90. The number of hydrogen-bond donors (Lipinski definition) is 3. The average molecular weight is 425 g/mol. The van der Waals surface area contributed by atoms with Crippen molar-refractivity contribution < 1.29 is 9.59 Å². The summed E-state index contributed by atoms with van der Waals surface area (Å²) in [5.74, 6) is 1.61. The number of H-pyrrole nitrogens is 1. The molecule has 31 heavy (non-hydrogen) atoms. The highest BCUT2D eigenvalue weighted by molar-refractivity contribution is 5.93. The summed E-state index contributed by atoms with van der Waals surface area (Å²) in [4.78, 5) is 31.6. The number of carbonyl (C=O) groups excluding carboxylic acids is 2. The Labute approximate surface area is 183 Å². The molecule has 0 unspecified atom stereocenters. The van der Waals surface area contributed by atoms with Crippen molar-refractivity contribution in [3.63, 3.8) is 0 Å². The van der Waals surface area contributed by atoms with E-state index in [2.05, 4.69) is 32.7 Å². The van der Waals surface area contributed by atoms with Crippen LogP contribution in [0.2, 0.25) is 0 Å². The van der Waals surface area contributed by atoms with Gasteiger partial charge in [0.1, 0.15) is 11.5 Å². The number of nitrogens with one attached hydrogen (secondary N) is 3. The second-order valence-corrected chi connectivity index (χ2v) is 8.88. The summed E-state index contributed by atoms with van der Waals surface area (Å²) in [6, 6.07) is 5.85. The Balaban J connectivity index is 1.30. The van der Waals surface area contributed by atoms with Gasteiger partial charge in [0.25, 0.3) is 5.91 Å². The number of pyridine rings is 1. The van der Waals surface area contributed by atoms with Crippen LogP contribution in [-0.2, 0) is 4.79 Å². The largest absolute Gasteiger partial charge is 0.373 e. The van der Waals surface area contributed by atoms with Crippen LogP contribution in [0.3, 0.4) is 0 Å². The van der Waals surface area contributed by atoms with Crippen molar-refractivity contribution in [3.8, 4) is 11.3 Å². The smallest absolute Gasteiger partial charge is 0.271 e. The molecule has 2 aromatic heterocycles. The molecule has 3 heterocycles. The van der Waals surface area contributed by atoms with Crippen molar-refractivity contribution in [3.05, 3.63) is 30.1 Å². The maximum absolute atomic E-state index is 12.9. The van der Waals surface area contributed by atoms with Crippen LogP contribution in [-0.4, -0.2) is 58.1 Å². The van der Waals surface area contributed by atoms with Gasteiger partial charge in [-0.15, -0.1) is 0 Å². The Morgan fingerprint density at radius 2 is 1.84 bits per heavy atom. The fraction of sp³-hybridized carbons (Fsp3) is 0.565. The molecule has 0 bridgehead atoms. The zero-order valence-corrected chi connectivity index (χ0v) is 18.4. The molecule has 4 rings (SSSR count). The quantitative estimate of drug-likeness (QED) is 0.685. The van der Waals surface area contributed by atoms with Crippen molar-refractivity contribution in [1.82, 2.24) is 25.4 Å². The Morgan fingerprint density at radius 1 is 1.10 bits per heavy atom. The van der Waals surface area contributed by atoms with Crippen molar-refractivity contribution >= 4 is 17.6 Å². The van der Waals surface area contributed by atoms with E-state index in [9.17, 15) is 9.59 Å². The third-order valence-corrected chi connectivity index (χ3v) is 6.64. The number of carbonyl (C=O) groups is 2. The van der Waals surface area contributed by atoms with Gasteiger partial charge in [-0.3, -0.25) is 14.7 Å². The van der Waals surface area contributed by atoms with E-state index in [0.29, 0.717) is 43.4 Å². The fourth-order valence-corrected chi connectivity index (χ4v) is 4.54. The molecule has 8 heteroatoms. The van der Waals surface area contributed by atoms with Gasteiger partial charge in [0.05, 0.1) is 5.69 Å². The van der Waals surface area contributed by atoms with Gasteiger partial charge >= 0.3 is 0 Å². The van der Waals surface area contributed by atoms with Crippen LogP contribution >= 0.6 is 0 Å². The third kappa shape index (κ3) is 5.06. The molecule has 1 aliphatic carbocycles. The van der Waals surface area contributed by atoms with Crippen molar-refractivity contribution in [2.24, 2.45) is 11.8 Å². The van der Waals surface area contributed by atoms with Gasteiger partial charge in [0, 0.05) is 43.9 Å². The molecule has 0 atom stereocenters. The predicted octanol–water partition coefficient (Wildman–Crippen LogP) is 3.06. The predicted molar refractivity (Wildman–Crippen MR) is 120 cm³/mol. The van der Waals surface area contributed by atoms with Crippen molar-refractivity contribution in [1.29, 1.82) is 0 Å². The van der Waals surface area contributed by atoms with E-state index >= 15 is 0 Å². The summed E-state index contributed by atoms with van der Waals surface area (Å²) in [5.41, 5.74) is 2.07. The van der Waals surface area contributed by atoms with Gasteiger partial charge < -0.3 is 15.5 Å². The summed E-state index contributed by atoms with van der Waals surface area (Å²) in [6.07, 6.45) is 7.68. The number of aromatic nitrogens is 3. The summed E-state index contributed by atoms with van der Waals surface area (Å²) >= 11 is 0. The lowest BCUT2D eigenvalue weighted by Gasteiger charge is -2.33. The van der Waals surface area contributed by atoms with E-state index in [-0.39, 0.29) is 17.7 Å². The highest BCUT2D eigenvalue weighted by Crippen LogP contribution is 2.25. The van der Waals surface area contributed by atoms with Crippen LogP contribution in [0.25, 0.3) is 11.3 Å². The number of nitrogens with zero attached hydrogens (tertiary/aromatic N) is 3. The topological polar surface area (TPSA) is 103 Å². The van der Waals surface area contributed by atoms with E-state index < -0.39 is 0 Å². The second kappa shape index (κ2) is 9.49. The van der Waals surface area contributed by atoms with Crippen LogP contribution in [0.1, 0.15) is 55.9 Å². The minimum Gasteiger partial charge on any atom is -0.373 e. The van der Waals surface area contributed by atoms with E-state index in [4.69, 9.17) is 0 Å². The fourth-order valence-electron chi connectivity index (χ4n) is 4.54. The van der Waals surface area contributed by atoms with Gasteiger partial charge in [-0.25, -0.2) is 4.98 Å². The second-order valence-electron chi connectivity index (χ2n) is 8.88. The van der Waals surface area contributed by atoms with E-state index in [1.165, 1.54) is 12.8 Å². The van der Waals surface area contributed by atoms with Gasteiger partial charge in [-0.2, -0.15) is 5.10 Å². The number of rotatable bonds is 5. The molecule has 3 N–H and O–H groups in total. The number of hydrogen-bond acceptors (Lipinski definition) is 5. The molecular formula is C23H32N6O2. The average Bonchev–Trinajstić information content (AvgIpc) is 3.30. The maximum atomic E-state index is 12.9. The molecule has 1 saturated heterocycles. The number of likely N-dealkylation sites (tertiary alicyclic amines) is 1. The van der Waals surface area contributed by atoms with E-state index in [0.717, 1.165) is 30.1 Å².